The van der Waals surface area contributed by atoms with Crippen LogP contribution < -0.4 is 8.86 Å². The summed E-state index contributed by atoms with van der Waals surface area (Å²) < 4.78 is 92.6. The number of hydrogen-bond acceptors (Lipinski definition) is 6. The van der Waals surface area contributed by atoms with Crippen molar-refractivity contribution in [3.63, 3.8) is 0 Å². The summed E-state index contributed by atoms with van der Waals surface area (Å²) in [5, 5.41) is 0. The highest BCUT2D eigenvalue weighted by Gasteiger charge is 2.48. The maximum atomic E-state index is 12.2. The third-order valence-corrected chi connectivity index (χ3v) is 5.72. The number of sulfonamides is 2. The van der Waals surface area contributed by atoms with Crippen molar-refractivity contribution >= 4 is 20.0 Å². The van der Waals surface area contributed by atoms with Crippen molar-refractivity contribution in [3.8, 4) is 5.75 Å². The first-order valence-corrected chi connectivity index (χ1v) is 8.67. The van der Waals surface area contributed by atoms with Gasteiger partial charge in [0.2, 0.25) is 0 Å². The van der Waals surface area contributed by atoms with E-state index in [4.69, 9.17) is 9.47 Å². The van der Waals surface area contributed by atoms with Gasteiger partial charge in [0.1, 0.15) is 18.5 Å². The van der Waals surface area contributed by atoms with Crippen molar-refractivity contribution in [1.82, 2.24) is 4.13 Å². The van der Waals surface area contributed by atoms with Crippen LogP contribution in [0.3, 0.4) is 0 Å². The zero-order chi connectivity index (χ0) is 16.6. The van der Waals surface area contributed by atoms with Crippen LogP contribution in [0.5, 0.6) is 5.75 Å². The molecule has 0 radical (unpaired) electrons. The Balaban J connectivity index is 2.20. The Hall–Kier alpha value is -1.37. The second kappa shape index (κ2) is 5.68. The van der Waals surface area contributed by atoms with E-state index in [1.165, 1.54) is 12.1 Å². The van der Waals surface area contributed by atoms with Crippen molar-refractivity contribution < 1.29 is 39.5 Å². The van der Waals surface area contributed by atoms with Crippen molar-refractivity contribution in [2.24, 2.45) is 0 Å². The number of hydrogen-bond donors (Lipinski definition) is 1. The molecule has 1 atom stereocenters. The fourth-order valence-corrected chi connectivity index (χ4v) is 3.77. The molecular formula is C10H10F3NO6S2. The number of ether oxygens (including phenoxy) is 2. The first-order valence-electron chi connectivity index (χ1n) is 5.71. The Morgan fingerprint density at radius 1 is 1.27 bits per heavy atom. The van der Waals surface area contributed by atoms with Gasteiger partial charge in [-0.25, -0.2) is 16.8 Å². The molecule has 0 bridgehead atoms. The third-order valence-electron chi connectivity index (χ3n) is 2.48. The van der Waals surface area contributed by atoms with E-state index in [-0.39, 0.29) is 18.5 Å². The molecule has 1 aromatic rings. The fourth-order valence-electron chi connectivity index (χ4n) is 1.32. The largest absolute Gasteiger partial charge is 0.512 e. The molecule has 1 aromatic carbocycles. The van der Waals surface area contributed by atoms with Crippen molar-refractivity contribution in [2.75, 3.05) is 13.2 Å². The van der Waals surface area contributed by atoms with Crippen molar-refractivity contribution in [3.05, 3.63) is 24.3 Å². The molecule has 0 amide bonds. The van der Waals surface area contributed by atoms with Crippen LogP contribution in [0.2, 0.25) is 0 Å². The molecule has 2 rings (SSSR count). The topological polar surface area (TPSA) is 102 Å². The van der Waals surface area contributed by atoms with E-state index in [1.54, 1.807) is 0 Å². The molecule has 1 heterocycles. The van der Waals surface area contributed by atoms with E-state index in [0.717, 1.165) is 12.1 Å². The molecule has 1 fully saturated rings. The number of halogens is 3. The molecule has 0 spiro atoms. The summed E-state index contributed by atoms with van der Waals surface area (Å²) in [5.41, 5.74) is -5.74. The molecule has 0 saturated carbocycles. The molecule has 1 unspecified atom stereocenters. The monoisotopic (exact) mass is 361 g/mol. The van der Waals surface area contributed by atoms with Gasteiger partial charge < -0.3 is 9.47 Å². The molecule has 1 saturated heterocycles. The van der Waals surface area contributed by atoms with Crippen LogP contribution in [0.15, 0.2) is 29.2 Å². The molecule has 7 nitrogen and oxygen atoms in total. The number of alkyl halides is 3. The Morgan fingerprint density at radius 3 is 2.45 bits per heavy atom. The zero-order valence-electron chi connectivity index (χ0n) is 10.7. The van der Waals surface area contributed by atoms with Gasteiger partial charge in [-0.2, -0.15) is 13.2 Å². The van der Waals surface area contributed by atoms with Crippen LogP contribution in [-0.4, -0.2) is 41.7 Å². The Morgan fingerprint density at radius 2 is 1.91 bits per heavy atom. The summed E-state index contributed by atoms with van der Waals surface area (Å²) in [4.78, 5) is -0.672. The molecular weight excluding hydrogens is 351 g/mol. The molecule has 1 aliphatic rings. The van der Waals surface area contributed by atoms with Crippen LogP contribution in [0.4, 0.5) is 13.2 Å². The quantitative estimate of drug-likeness (QED) is 0.744. The summed E-state index contributed by atoms with van der Waals surface area (Å²) in [6.45, 7) is 0.654. The van der Waals surface area contributed by atoms with Gasteiger partial charge in [-0.3, -0.25) is 0 Å². The minimum atomic E-state index is -6.03. The van der Waals surface area contributed by atoms with Gasteiger partial charge in [0.15, 0.2) is 0 Å². The fraction of sp³-hybridized carbons (Fsp3) is 0.400. The second-order valence-electron chi connectivity index (χ2n) is 4.28. The molecule has 22 heavy (non-hydrogen) atoms. The summed E-state index contributed by atoms with van der Waals surface area (Å²) in [6.07, 6.45) is -0.107. The van der Waals surface area contributed by atoms with E-state index in [9.17, 15) is 30.0 Å². The van der Waals surface area contributed by atoms with Crippen molar-refractivity contribution in [2.45, 2.75) is 16.5 Å². The SMILES string of the molecule is O=S(=O)(NS(=O)(=O)C(F)(F)F)c1cccc(OCC2CO2)c1. The maximum Gasteiger partial charge on any atom is 0.512 e. The molecule has 1 N–H and O–H groups in total. The lowest BCUT2D eigenvalue weighted by molar-refractivity contribution is -0.0441. The van der Waals surface area contributed by atoms with E-state index in [1.807, 2.05) is 0 Å². The smallest absolute Gasteiger partial charge is 0.491 e. The van der Waals surface area contributed by atoms with Gasteiger partial charge in [0, 0.05) is 6.07 Å². The normalized spacial score (nSPS) is 19.0. The average Bonchev–Trinajstić information content (AvgIpc) is 3.18. The highest BCUT2D eigenvalue weighted by Crippen LogP contribution is 2.25. The zero-order valence-corrected chi connectivity index (χ0v) is 12.3. The number of epoxide rings is 1. The summed E-state index contributed by atoms with van der Waals surface area (Å²) in [5.74, 6) is 0.0581. The van der Waals surface area contributed by atoms with Crippen LogP contribution in [0.1, 0.15) is 0 Å². The van der Waals surface area contributed by atoms with E-state index >= 15 is 0 Å². The molecule has 1 aliphatic heterocycles. The van der Waals surface area contributed by atoms with E-state index < -0.39 is 30.5 Å². The van der Waals surface area contributed by atoms with Crippen LogP contribution in [0.25, 0.3) is 0 Å². The molecule has 0 aromatic heterocycles. The lowest BCUT2D eigenvalue weighted by atomic mass is 10.3. The Labute approximate surface area is 124 Å². The van der Waals surface area contributed by atoms with Crippen LogP contribution >= 0.6 is 0 Å². The number of benzene rings is 1. The minimum absolute atomic E-state index is 0.0581. The van der Waals surface area contributed by atoms with Gasteiger partial charge in [0.05, 0.1) is 11.5 Å². The van der Waals surface area contributed by atoms with E-state index in [0.29, 0.717) is 10.7 Å². The first kappa shape index (κ1) is 17.0. The highest BCUT2D eigenvalue weighted by atomic mass is 32.3. The molecule has 124 valence electrons. The predicted octanol–water partition coefficient (Wildman–Crippen LogP) is 0.592. The summed E-state index contributed by atoms with van der Waals surface area (Å²) >= 11 is 0. The van der Waals surface area contributed by atoms with Crippen LogP contribution in [-0.2, 0) is 24.8 Å². The van der Waals surface area contributed by atoms with Crippen LogP contribution in [0, 0.1) is 0 Å². The van der Waals surface area contributed by atoms with Gasteiger partial charge in [-0.15, -0.1) is 0 Å². The second-order valence-corrected chi connectivity index (χ2v) is 7.89. The van der Waals surface area contributed by atoms with Gasteiger partial charge >= 0.3 is 15.5 Å². The lowest BCUT2D eigenvalue weighted by Crippen LogP contribution is -2.40. The van der Waals surface area contributed by atoms with Gasteiger partial charge in [-0.05, 0) is 12.1 Å². The first-order chi connectivity index (χ1) is 10.0. The van der Waals surface area contributed by atoms with Gasteiger partial charge in [0.25, 0.3) is 10.0 Å². The Kier molecular flexibility index (Phi) is 4.39. The average molecular weight is 361 g/mol. The predicted molar refractivity (Wildman–Crippen MR) is 67.0 cm³/mol. The standard InChI is InChI=1S/C10H10F3NO6S2/c11-10(12,13)22(17,18)14-21(15,16)9-3-1-2-7(4-9)19-5-8-6-20-8/h1-4,8,14H,5-6H2. The van der Waals surface area contributed by atoms with Gasteiger partial charge in [-0.1, -0.05) is 10.2 Å². The number of rotatable bonds is 6. The highest BCUT2D eigenvalue weighted by molar-refractivity contribution is 8.05. The Bertz CT molecular complexity index is 755. The number of nitrogens with one attached hydrogen (secondary N) is 1. The molecule has 12 heteroatoms. The van der Waals surface area contributed by atoms with Crippen molar-refractivity contribution in [1.29, 1.82) is 0 Å². The van der Waals surface area contributed by atoms with E-state index in [2.05, 4.69) is 0 Å². The summed E-state index contributed by atoms with van der Waals surface area (Å²) in [7, 11) is -10.9. The lowest BCUT2D eigenvalue weighted by Gasteiger charge is -2.11. The minimum Gasteiger partial charge on any atom is -0.491 e. The summed E-state index contributed by atoms with van der Waals surface area (Å²) in [6, 6.07) is 4.43. The third kappa shape index (κ3) is 4.09. The molecule has 0 aliphatic carbocycles. The maximum absolute atomic E-state index is 12.2.